The number of urea groups is 2. The number of hydrogen-bond acceptors (Lipinski definition) is 2. The van der Waals surface area contributed by atoms with Crippen molar-refractivity contribution in [3.05, 3.63) is 59.7 Å². The Labute approximate surface area is 210 Å². The largest absolute Gasteiger partial charge is 0.335 e. The van der Waals surface area contributed by atoms with Gasteiger partial charge in [0, 0.05) is 25.2 Å². The van der Waals surface area contributed by atoms with E-state index in [0.29, 0.717) is 25.2 Å². The lowest BCUT2D eigenvalue weighted by atomic mass is 9.75. The van der Waals surface area contributed by atoms with Gasteiger partial charge in [0.1, 0.15) is 0 Å². The van der Waals surface area contributed by atoms with Gasteiger partial charge in [-0.05, 0) is 93.6 Å². The van der Waals surface area contributed by atoms with Crippen molar-refractivity contribution < 1.29 is 9.59 Å². The summed E-state index contributed by atoms with van der Waals surface area (Å²) in [6.45, 7) is 1.18. The molecule has 3 aliphatic rings. The number of allylic oxidation sites excluding steroid dienone is 2. The maximum absolute atomic E-state index is 12.3. The van der Waals surface area contributed by atoms with Gasteiger partial charge in [0.25, 0.3) is 0 Å². The van der Waals surface area contributed by atoms with Gasteiger partial charge in [-0.1, -0.05) is 48.6 Å². The van der Waals surface area contributed by atoms with E-state index in [1.54, 1.807) is 0 Å². The number of carbonyl (C=O) groups excluding carboxylic acids is 2. The van der Waals surface area contributed by atoms with Gasteiger partial charge in [0.15, 0.2) is 0 Å². The topological polar surface area (TPSA) is 82.3 Å². The summed E-state index contributed by atoms with van der Waals surface area (Å²) in [6, 6.07) is 10.5. The van der Waals surface area contributed by atoms with E-state index in [1.165, 1.54) is 37.7 Å². The predicted octanol–water partition coefficient (Wildman–Crippen LogP) is 5.57. The van der Waals surface area contributed by atoms with Crippen LogP contribution in [0.15, 0.2) is 54.1 Å². The van der Waals surface area contributed by atoms with Crippen LogP contribution in [0.2, 0.25) is 0 Å². The smallest absolute Gasteiger partial charge is 0.315 e. The summed E-state index contributed by atoms with van der Waals surface area (Å²) in [5, 5.41) is 12.3. The first-order valence-corrected chi connectivity index (χ1v) is 13.6. The zero-order valence-corrected chi connectivity index (χ0v) is 20.9. The molecule has 0 atom stereocenters. The molecule has 0 radical (unpaired) electrons. The van der Waals surface area contributed by atoms with Gasteiger partial charge < -0.3 is 21.3 Å². The van der Waals surface area contributed by atoms with Crippen LogP contribution < -0.4 is 21.3 Å². The van der Waals surface area contributed by atoms with Gasteiger partial charge in [0.2, 0.25) is 0 Å². The standard InChI is InChI=1S/C29H42N4O2/c34-28(30-20-24-7-3-1-4-8-24)32-26-15-11-22(12-16-26)19-23-13-17-27(18-14-23)33-29(35)31-21-25-9-5-2-6-10-25/h1,3-5,7-10,22-23,26-27H,2,6,11-21H2,(H2,30,32,34)(H2,31,33,35). The minimum atomic E-state index is -0.0564. The molecule has 2 fully saturated rings. The maximum atomic E-state index is 12.3. The Morgan fingerprint density at radius 1 is 0.714 bits per heavy atom. The molecule has 0 spiro atoms. The van der Waals surface area contributed by atoms with Crippen molar-refractivity contribution in [2.75, 3.05) is 6.54 Å². The summed E-state index contributed by atoms with van der Waals surface area (Å²) in [4.78, 5) is 24.5. The number of hydrogen-bond donors (Lipinski definition) is 4. The lowest BCUT2D eigenvalue weighted by Crippen LogP contribution is -2.44. The van der Waals surface area contributed by atoms with Crippen LogP contribution >= 0.6 is 0 Å². The summed E-state index contributed by atoms with van der Waals surface area (Å²) in [5.74, 6) is 1.55. The van der Waals surface area contributed by atoms with E-state index in [9.17, 15) is 9.59 Å². The van der Waals surface area contributed by atoms with Crippen molar-refractivity contribution in [3.8, 4) is 0 Å². The number of benzene rings is 1. The number of amides is 4. The summed E-state index contributed by atoms with van der Waals surface area (Å²) in [7, 11) is 0. The lowest BCUT2D eigenvalue weighted by molar-refractivity contribution is 0.198. The molecular formula is C29H42N4O2. The molecule has 3 aliphatic carbocycles. The molecule has 1 aromatic carbocycles. The molecule has 190 valence electrons. The Kier molecular flexibility index (Phi) is 9.67. The van der Waals surface area contributed by atoms with E-state index in [0.717, 1.165) is 55.9 Å². The molecule has 4 rings (SSSR count). The molecule has 0 unspecified atom stereocenters. The van der Waals surface area contributed by atoms with E-state index >= 15 is 0 Å². The van der Waals surface area contributed by atoms with E-state index < -0.39 is 0 Å². The summed E-state index contributed by atoms with van der Waals surface area (Å²) >= 11 is 0. The van der Waals surface area contributed by atoms with Gasteiger partial charge >= 0.3 is 12.1 Å². The third kappa shape index (κ3) is 8.75. The molecule has 4 N–H and O–H groups in total. The predicted molar refractivity (Wildman–Crippen MR) is 141 cm³/mol. The summed E-state index contributed by atoms with van der Waals surface area (Å²) in [6.07, 6.45) is 19.1. The van der Waals surface area contributed by atoms with Crippen LogP contribution in [0.1, 0.15) is 76.2 Å². The Bertz CT molecular complexity index is 866. The van der Waals surface area contributed by atoms with E-state index in [4.69, 9.17) is 0 Å². The zero-order valence-electron chi connectivity index (χ0n) is 20.9. The van der Waals surface area contributed by atoms with E-state index in [2.05, 4.69) is 39.5 Å². The third-order valence-electron chi connectivity index (χ3n) is 7.85. The molecule has 2 saturated carbocycles. The van der Waals surface area contributed by atoms with Gasteiger partial charge in [-0.15, -0.1) is 0 Å². The fourth-order valence-electron chi connectivity index (χ4n) is 5.79. The van der Waals surface area contributed by atoms with Gasteiger partial charge in [0.05, 0.1) is 0 Å². The number of rotatable bonds is 8. The molecule has 4 amide bonds. The van der Waals surface area contributed by atoms with Crippen molar-refractivity contribution in [1.29, 1.82) is 0 Å². The average molecular weight is 479 g/mol. The Balaban J connectivity index is 1.06. The molecule has 35 heavy (non-hydrogen) atoms. The first-order chi connectivity index (χ1) is 17.1. The van der Waals surface area contributed by atoms with Crippen molar-refractivity contribution in [2.24, 2.45) is 11.8 Å². The monoisotopic (exact) mass is 478 g/mol. The van der Waals surface area contributed by atoms with Crippen LogP contribution in [0.5, 0.6) is 0 Å². The van der Waals surface area contributed by atoms with Gasteiger partial charge in [-0.25, -0.2) is 9.59 Å². The molecule has 0 bridgehead atoms. The highest BCUT2D eigenvalue weighted by Crippen LogP contribution is 2.35. The third-order valence-corrected chi connectivity index (χ3v) is 7.85. The molecule has 0 aromatic heterocycles. The van der Waals surface area contributed by atoms with Gasteiger partial charge in [-0.3, -0.25) is 0 Å². The molecule has 1 aromatic rings. The van der Waals surface area contributed by atoms with Crippen molar-refractivity contribution in [3.63, 3.8) is 0 Å². The van der Waals surface area contributed by atoms with Crippen molar-refractivity contribution >= 4 is 12.1 Å². The zero-order chi connectivity index (χ0) is 24.3. The Hall–Kier alpha value is -2.76. The normalized spacial score (nSPS) is 26.3. The van der Waals surface area contributed by atoms with Crippen LogP contribution in [0.25, 0.3) is 0 Å². The highest BCUT2D eigenvalue weighted by atomic mass is 16.2. The lowest BCUT2D eigenvalue weighted by Gasteiger charge is -2.34. The van der Waals surface area contributed by atoms with Crippen molar-refractivity contribution in [1.82, 2.24) is 21.3 Å². The maximum Gasteiger partial charge on any atom is 0.315 e. The van der Waals surface area contributed by atoms with Crippen LogP contribution in [-0.2, 0) is 6.54 Å². The minimum Gasteiger partial charge on any atom is -0.335 e. The second-order valence-corrected chi connectivity index (χ2v) is 10.6. The number of nitrogens with one attached hydrogen (secondary N) is 4. The fourth-order valence-corrected chi connectivity index (χ4v) is 5.79. The highest BCUT2D eigenvalue weighted by molar-refractivity contribution is 5.74. The Morgan fingerprint density at radius 3 is 1.83 bits per heavy atom. The summed E-state index contributed by atoms with van der Waals surface area (Å²) in [5.41, 5.74) is 2.32. The van der Waals surface area contributed by atoms with E-state index in [1.807, 2.05) is 30.3 Å². The molecule has 0 heterocycles. The van der Waals surface area contributed by atoms with Crippen LogP contribution in [0.4, 0.5) is 9.59 Å². The van der Waals surface area contributed by atoms with E-state index in [-0.39, 0.29) is 12.1 Å². The SMILES string of the molecule is O=C(NCC1=CCCC=C1)NC1CCC(CC2CCC(NC(=O)NCc3ccccc3)CC2)CC1. The molecular weight excluding hydrogens is 436 g/mol. The number of carbonyl (C=O) groups is 2. The average Bonchev–Trinajstić information content (AvgIpc) is 2.90. The highest BCUT2D eigenvalue weighted by Gasteiger charge is 2.28. The minimum absolute atomic E-state index is 0.0352. The molecule has 6 nitrogen and oxygen atoms in total. The Morgan fingerprint density at radius 2 is 1.29 bits per heavy atom. The van der Waals surface area contributed by atoms with Crippen LogP contribution in [0, 0.1) is 11.8 Å². The second kappa shape index (κ2) is 13.4. The molecule has 6 heteroatoms. The molecule has 0 aliphatic heterocycles. The van der Waals surface area contributed by atoms with Crippen molar-refractivity contribution in [2.45, 2.75) is 89.3 Å². The quantitative estimate of drug-likeness (QED) is 0.394. The first kappa shape index (κ1) is 25.3. The first-order valence-electron chi connectivity index (χ1n) is 13.6. The molecule has 0 saturated heterocycles. The second-order valence-electron chi connectivity index (χ2n) is 10.6. The summed E-state index contributed by atoms with van der Waals surface area (Å²) < 4.78 is 0. The van der Waals surface area contributed by atoms with Crippen LogP contribution in [0.3, 0.4) is 0 Å². The fraction of sp³-hybridized carbons (Fsp3) is 0.586. The van der Waals surface area contributed by atoms with Gasteiger partial charge in [-0.2, -0.15) is 0 Å². The van der Waals surface area contributed by atoms with Crippen LogP contribution in [-0.4, -0.2) is 30.7 Å².